The number of aromatic amines is 1. The Morgan fingerprint density at radius 1 is 1.00 bits per heavy atom. The second-order valence-electron chi connectivity index (χ2n) is 8.33. The molecule has 1 saturated heterocycles. The number of carboxylic acid groups (broad SMARTS) is 2. The zero-order chi connectivity index (χ0) is 24.7. The third kappa shape index (κ3) is 6.84. The van der Waals surface area contributed by atoms with Gasteiger partial charge in [0.05, 0.1) is 0 Å². The van der Waals surface area contributed by atoms with Crippen LogP contribution in [-0.2, 0) is 4.79 Å². The monoisotopic (exact) mass is 484 g/mol. The summed E-state index contributed by atoms with van der Waals surface area (Å²) in [4.78, 5) is 22.5. The van der Waals surface area contributed by atoms with Crippen molar-refractivity contribution in [2.45, 2.75) is 63.1 Å². The van der Waals surface area contributed by atoms with Crippen molar-refractivity contribution >= 4 is 17.6 Å². The summed E-state index contributed by atoms with van der Waals surface area (Å²) in [7, 11) is 0. The van der Waals surface area contributed by atoms with E-state index < -0.39 is 18.1 Å². The maximum atomic E-state index is 11.1. The van der Waals surface area contributed by atoms with Crippen LogP contribution in [0, 0.1) is 0 Å². The van der Waals surface area contributed by atoms with Crippen molar-refractivity contribution in [2.75, 3.05) is 18.0 Å². The molecule has 0 atom stereocenters. The van der Waals surface area contributed by atoms with Crippen LogP contribution >= 0.6 is 0 Å². The predicted octanol–water partition coefficient (Wildman–Crippen LogP) is 4.23. The fraction of sp³-hybridized carbons (Fsp3) is 0.545. The Labute approximate surface area is 193 Å². The summed E-state index contributed by atoms with van der Waals surface area (Å²) in [6, 6.07) is 9.07. The van der Waals surface area contributed by atoms with Crippen molar-refractivity contribution in [1.82, 2.24) is 15.4 Å². The molecular weight excluding hydrogens is 457 g/mol. The van der Waals surface area contributed by atoms with Crippen LogP contribution in [0.15, 0.2) is 24.3 Å². The minimum atomic E-state index is -5.08. The molecule has 3 N–H and O–H groups in total. The zero-order valence-corrected chi connectivity index (χ0v) is 18.4. The average Bonchev–Trinajstić information content (AvgIpc) is 3.29. The van der Waals surface area contributed by atoms with Crippen molar-refractivity contribution in [3.8, 4) is 5.88 Å². The highest BCUT2D eigenvalue weighted by Gasteiger charge is 2.38. The van der Waals surface area contributed by atoms with Crippen molar-refractivity contribution < 1.29 is 37.7 Å². The van der Waals surface area contributed by atoms with E-state index in [-0.39, 0.29) is 17.7 Å². The van der Waals surface area contributed by atoms with Gasteiger partial charge in [-0.25, -0.2) is 14.7 Å². The first-order chi connectivity index (χ1) is 16.1. The van der Waals surface area contributed by atoms with Gasteiger partial charge in [-0.15, -0.1) is 0 Å². The molecule has 0 radical (unpaired) electrons. The van der Waals surface area contributed by atoms with E-state index in [9.17, 15) is 18.0 Å². The van der Waals surface area contributed by atoms with Crippen molar-refractivity contribution in [3.05, 3.63) is 35.5 Å². The Balaban J connectivity index is 0.000000406. The van der Waals surface area contributed by atoms with Crippen molar-refractivity contribution in [1.29, 1.82) is 0 Å². The molecule has 0 bridgehead atoms. The lowest BCUT2D eigenvalue weighted by Crippen LogP contribution is -2.29. The Hall–Kier alpha value is -3.31. The second-order valence-corrected chi connectivity index (χ2v) is 8.33. The summed E-state index contributed by atoms with van der Waals surface area (Å²) >= 11 is 0. The van der Waals surface area contributed by atoms with Crippen LogP contribution in [0.25, 0.3) is 0 Å². The van der Waals surface area contributed by atoms with Gasteiger partial charge >= 0.3 is 18.1 Å². The highest BCUT2D eigenvalue weighted by molar-refractivity contribution is 5.87. The number of nitrogens with zero attached hydrogens (tertiary/aromatic N) is 3. The summed E-state index contributed by atoms with van der Waals surface area (Å²) in [6.07, 6.45) is 2.71. The van der Waals surface area contributed by atoms with Gasteiger partial charge in [-0.1, -0.05) is 22.4 Å². The molecule has 9 nitrogen and oxygen atoms in total. The van der Waals surface area contributed by atoms with Gasteiger partial charge in [0.2, 0.25) is 5.69 Å². The van der Waals surface area contributed by atoms with Gasteiger partial charge in [0, 0.05) is 18.8 Å². The number of aliphatic carboxylic acids is 1. The van der Waals surface area contributed by atoms with E-state index in [1.807, 2.05) is 0 Å². The van der Waals surface area contributed by atoms with Crippen LogP contribution in [-0.4, -0.2) is 62.9 Å². The van der Waals surface area contributed by atoms with Gasteiger partial charge in [0.25, 0.3) is 5.88 Å². The molecular formula is C22H27F3N4O5. The van der Waals surface area contributed by atoms with Gasteiger partial charge in [0.1, 0.15) is 6.10 Å². The number of carboxylic acids is 2. The maximum Gasteiger partial charge on any atom is 0.490 e. The van der Waals surface area contributed by atoms with Crippen LogP contribution in [0.5, 0.6) is 5.88 Å². The quantitative estimate of drug-likeness (QED) is 0.575. The lowest BCUT2D eigenvalue weighted by molar-refractivity contribution is -0.192. The van der Waals surface area contributed by atoms with E-state index >= 15 is 0 Å². The minimum absolute atomic E-state index is 0.00271. The topological polar surface area (TPSA) is 129 Å². The number of aromatic nitrogens is 3. The normalized spacial score (nSPS) is 20.7. The fourth-order valence-corrected chi connectivity index (χ4v) is 4.22. The molecule has 0 amide bonds. The Bertz CT molecular complexity index is 950. The number of alkyl halides is 3. The van der Waals surface area contributed by atoms with Crippen molar-refractivity contribution in [2.24, 2.45) is 0 Å². The summed E-state index contributed by atoms with van der Waals surface area (Å²) in [5, 5.41) is 25.9. The van der Waals surface area contributed by atoms with E-state index in [1.54, 1.807) is 0 Å². The largest absolute Gasteiger partial charge is 0.490 e. The molecule has 4 rings (SSSR count). The van der Waals surface area contributed by atoms with Gasteiger partial charge in [-0.3, -0.25) is 0 Å². The number of hydrogen-bond acceptors (Lipinski definition) is 6. The number of ether oxygens (including phenoxy) is 1. The number of H-pyrrole nitrogens is 1. The maximum absolute atomic E-state index is 11.1. The van der Waals surface area contributed by atoms with Gasteiger partial charge in [-0.2, -0.15) is 13.2 Å². The molecule has 1 aliphatic heterocycles. The highest BCUT2D eigenvalue weighted by atomic mass is 19.4. The molecule has 0 unspecified atom stereocenters. The van der Waals surface area contributed by atoms with E-state index in [2.05, 4.69) is 44.6 Å². The zero-order valence-electron chi connectivity index (χ0n) is 18.4. The Morgan fingerprint density at radius 3 is 2.12 bits per heavy atom. The van der Waals surface area contributed by atoms with Gasteiger partial charge in [-0.05, 0) is 68.6 Å². The molecule has 2 aliphatic rings. The molecule has 34 heavy (non-hydrogen) atoms. The summed E-state index contributed by atoms with van der Waals surface area (Å²) in [6.45, 7) is 2.34. The number of rotatable bonds is 5. The molecule has 2 aromatic rings. The smallest absolute Gasteiger partial charge is 0.476 e. The SMILES string of the molecule is O=C(O)C(F)(F)F.O=C(O)c1[nH]nnc1O[C@H]1CC[C@H](c2ccc(N3CCCCC3)cc2)CC1. The first-order valence-electron chi connectivity index (χ1n) is 11.1. The molecule has 1 saturated carbocycles. The first-order valence-corrected chi connectivity index (χ1v) is 11.1. The molecule has 0 spiro atoms. The number of nitrogens with one attached hydrogen (secondary N) is 1. The molecule has 1 aromatic carbocycles. The predicted molar refractivity (Wildman–Crippen MR) is 115 cm³/mol. The number of hydrogen-bond donors (Lipinski definition) is 3. The number of halogens is 3. The van der Waals surface area contributed by atoms with Gasteiger partial charge in [0.15, 0.2) is 0 Å². The second kappa shape index (κ2) is 11.2. The van der Waals surface area contributed by atoms with E-state index in [1.165, 1.54) is 43.6 Å². The molecule has 186 valence electrons. The lowest BCUT2D eigenvalue weighted by atomic mass is 9.82. The van der Waals surface area contributed by atoms with Crippen LogP contribution in [0.4, 0.5) is 18.9 Å². The van der Waals surface area contributed by atoms with E-state index in [0.717, 1.165) is 25.7 Å². The van der Waals surface area contributed by atoms with Crippen LogP contribution in [0.3, 0.4) is 0 Å². The van der Waals surface area contributed by atoms with Crippen LogP contribution < -0.4 is 9.64 Å². The highest BCUT2D eigenvalue weighted by Crippen LogP contribution is 2.35. The standard InChI is InChI=1S/C20H26N4O3.C2HF3O2/c25-20(26)18-19(22-23-21-18)27-17-10-6-15(7-11-17)14-4-8-16(9-5-14)24-12-2-1-3-13-24;3-2(4,5)1(6)7/h4-5,8-9,15,17H,1-3,6-7,10-13H2,(H,25,26)(H,21,22,23);(H,6,7)/t15-,17-;. The summed E-state index contributed by atoms with van der Waals surface area (Å²) in [5.74, 6) is -3.22. The fourth-order valence-electron chi connectivity index (χ4n) is 4.22. The Kier molecular flexibility index (Phi) is 8.35. The van der Waals surface area contributed by atoms with Crippen LogP contribution in [0.2, 0.25) is 0 Å². The molecule has 12 heteroatoms. The molecule has 2 fully saturated rings. The Morgan fingerprint density at radius 2 is 1.59 bits per heavy atom. The number of anilines is 1. The third-order valence-corrected chi connectivity index (χ3v) is 6.01. The number of piperidine rings is 1. The minimum Gasteiger partial charge on any atom is -0.476 e. The van der Waals surface area contributed by atoms with Gasteiger partial charge < -0.3 is 19.8 Å². The first kappa shape index (κ1) is 25.3. The lowest BCUT2D eigenvalue weighted by Gasteiger charge is -2.30. The van der Waals surface area contributed by atoms with Crippen molar-refractivity contribution in [3.63, 3.8) is 0 Å². The van der Waals surface area contributed by atoms with Crippen LogP contribution in [0.1, 0.15) is 66.9 Å². The molecule has 1 aliphatic carbocycles. The van der Waals surface area contributed by atoms with E-state index in [0.29, 0.717) is 5.92 Å². The third-order valence-electron chi connectivity index (χ3n) is 6.01. The number of carbonyl (C=O) groups is 2. The molecule has 2 heterocycles. The average molecular weight is 484 g/mol. The van der Waals surface area contributed by atoms with E-state index in [4.69, 9.17) is 19.7 Å². The number of aromatic carboxylic acids is 1. The summed E-state index contributed by atoms with van der Waals surface area (Å²) < 4.78 is 37.5. The summed E-state index contributed by atoms with van der Waals surface area (Å²) in [5.41, 5.74) is 2.65. The number of benzene rings is 1. The molecule has 1 aromatic heterocycles.